The highest BCUT2D eigenvalue weighted by Crippen LogP contribution is 2.25. The topological polar surface area (TPSA) is 87.8 Å². The van der Waals surface area contributed by atoms with Crippen LogP contribution in [-0.2, 0) is 11.3 Å². The Morgan fingerprint density at radius 1 is 1.41 bits per heavy atom. The number of cyclic esters (lactones) is 1. The van der Waals surface area contributed by atoms with E-state index in [4.69, 9.17) is 14.9 Å². The summed E-state index contributed by atoms with van der Waals surface area (Å²) in [6.07, 6.45) is 1.74. The number of hydrogen-bond acceptors (Lipinski definition) is 5. The fourth-order valence-electron chi connectivity index (χ4n) is 2.25. The fourth-order valence-corrected chi connectivity index (χ4v) is 2.25. The first-order chi connectivity index (χ1) is 10.6. The van der Waals surface area contributed by atoms with Crippen molar-refractivity contribution >= 4 is 11.8 Å². The van der Waals surface area contributed by atoms with Gasteiger partial charge in [-0.2, -0.15) is 5.10 Å². The Bertz CT molecular complexity index is 703. The number of carbonyl (C=O) groups is 1. The summed E-state index contributed by atoms with van der Waals surface area (Å²) in [6.45, 7) is -0.285. The van der Waals surface area contributed by atoms with Gasteiger partial charge in [0, 0.05) is 11.8 Å². The molecular formula is C14H14FN3O4. The molecule has 2 N–H and O–H groups in total. The van der Waals surface area contributed by atoms with Gasteiger partial charge in [0.1, 0.15) is 11.8 Å². The molecule has 1 saturated heterocycles. The van der Waals surface area contributed by atoms with Gasteiger partial charge in [0.25, 0.3) is 0 Å². The summed E-state index contributed by atoms with van der Waals surface area (Å²) >= 11 is 0. The quantitative estimate of drug-likeness (QED) is 0.873. The number of aliphatic hydroxyl groups is 2. The molecule has 1 aliphatic rings. The van der Waals surface area contributed by atoms with Gasteiger partial charge >= 0.3 is 6.09 Å². The van der Waals surface area contributed by atoms with Crippen LogP contribution < -0.4 is 4.90 Å². The molecule has 2 aromatic rings. The number of rotatable bonds is 4. The number of hydrogen-bond donors (Lipinski definition) is 2. The lowest BCUT2D eigenvalue weighted by atomic mass is 10.2. The normalized spacial score (nSPS) is 17.9. The van der Waals surface area contributed by atoms with E-state index >= 15 is 0 Å². The number of aromatic nitrogens is 2. The zero-order chi connectivity index (χ0) is 15.7. The molecule has 2 heterocycles. The SMILES string of the molecule is O=C1O[C@@H](CO)CN1c1ccc(-n2cc(CO)cn2)c(F)c1. The average molecular weight is 307 g/mol. The Hall–Kier alpha value is -2.45. The first-order valence-corrected chi connectivity index (χ1v) is 6.65. The van der Waals surface area contributed by atoms with Gasteiger partial charge in [-0.25, -0.2) is 13.9 Å². The summed E-state index contributed by atoms with van der Waals surface area (Å²) in [6, 6.07) is 4.26. The first kappa shape index (κ1) is 14.5. The van der Waals surface area contributed by atoms with Gasteiger partial charge in [0.2, 0.25) is 0 Å². The van der Waals surface area contributed by atoms with Gasteiger partial charge in [-0.05, 0) is 18.2 Å². The van der Waals surface area contributed by atoms with E-state index in [0.717, 1.165) is 0 Å². The van der Waals surface area contributed by atoms with Crippen LogP contribution in [0.4, 0.5) is 14.9 Å². The lowest BCUT2D eigenvalue weighted by Gasteiger charge is -2.14. The average Bonchev–Trinajstić information content (AvgIpc) is 3.13. The van der Waals surface area contributed by atoms with Crippen LogP contribution in [0.25, 0.3) is 5.69 Å². The number of benzene rings is 1. The Balaban J connectivity index is 1.88. The van der Waals surface area contributed by atoms with Crippen molar-refractivity contribution in [3.05, 3.63) is 42.0 Å². The molecule has 3 rings (SSSR count). The van der Waals surface area contributed by atoms with Crippen molar-refractivity contribution in [2.24, 2.45) is 0 Å². The van der Waals surface area contributed by atoms with Crippen LogP contribution in [0.1, 0.15) is 5.56 Å². The minimum atomic E-state index is -0.618. The van der Waals surface area contributed by atoms with Crippen LogP contribution in [0, 0.1) is 5.82 Å². The molecule has 1 atom stereocenters. The Kier molecular flexibility index (Phi) is 3.78. The van der Waals surface area contributed by atoms with Gasteiger partial charge in [0.15, 0.2) is 5.82 Å². The highest BCUT2D eigenvalue weighted by Gasteiger charge is 2.32. The number of carbonyl (C=O) groups excluding carboxylic acids is 1. The van der Waals surface area contributed by atoms with Gasteiger partial charge in [0.05, 0.1) is 31.6 Å². The van der Waals surface area contributed by atoms with Crippen molar-refractivity contribution in [3.63, 3.8) is 0 Å². The summed E-state index contributed by atoms with van der Waals surface area (Å²) < 4.78 is 20.5. The zero-order valence-electron chi connectivity index (χ0n) is 11.5. The van der Waals surface area contributed by atoms with Crippen LogP contribution in [0.2, 0.25) is 0 Å². The largest absolute Gasteiger partial charge is 0.441 e. The summed E-state index contributed by atoms with van der Waals surface area (Å²) in [5.41, 5.74) is 1.11. The van der Waals surface area contributed by atoms with E-state index in [9.17, 15) is 9.18 Å². The van der Waals surface area contributed by atoms with E-state index in [-0.39, 0.29) is 25.4 Å². The summed E-state index contributed by atoms with van der Waals surface area (Å²) in [5, 5.41) is 22.0. The number of ether oxygens (including phenoxy) is 1. The number of nitrogens with zero attached hydrogens (tertiary/aromatic N) is 3. The summed E-state index contributed by atoms with van der Waals surface area (Å²) in [5.74, 6) is -0.565. The second-order valence-corrected chi connectivity index (χ2v) is 4.89. The van der Waals surface area contributed by atoms with Crippen LogP contribution in [0.5, 0.6) is 0 Å². The predicted octanol–water partition coefficient (Wildman–Crippen LogP) is 0.821. The smallest absolute Gasteiger partial charge is 0.414 e. The molecule has 0 bridgehead atoms. The van der Waals surface area contributed by atoms with Gasteiger partial charge in [-0.15, -0.1) is 0 Å². The van der Waals surface area contributed by atoms with E-state index in [1.165, 1.54) is 34.1 Å². The molecule has 0 spiro atoms. The molecule has 0 unspecified atom stereocenters. The van der Waals surface area contributed by atoms with Crippen LogP contribution >= 0.6 is 0 Å². The minimum absolute atomic E-state index is 0.171. The Morgan fingerprint density at radius 3 is 2.82 bits per heavy atom. The number of amides is 1. The van der Waals surface area contributed by atoms with Gasteiger partial charge in [-0.1, -0.05) is 0 Å². The van der Waals surface area contributed by atoms with Gasteiger partial charge in [-0.3, -0.25) is 4.90 Å². The molecule has 1 aromatic heterocycles. The van der Waals surface area contributed by atoms with Crippen molar-refractivity contribution in [2.75, 3.05) is 18.1 Å². The monoisotopic (exact) mass is 307 g/mol. The summed E-state index contributed by atoms with van der Waals surface area (Å²) in [7, 11) is 0. The molecule has 1 amide bonds. The maximum absolute atomic E-state index is 14.3. The molecule has 0 saturated carbocycles. The van der Waals surface area contributed by atoms with Crippen molar-refractivity contribution in [1.29, 1.82) is 0 Å². The Labute approximate surface area is 125 Å². The Morgan fingerprint density at radius 2 is 2.23 bits per heavy atom. The van der Waals surface area contributed by atoms with Crippen molar-refractivity contribution in [3.8, 4) is 5.69 Å². The molecule has 0 aliphatic carbocycles. The van der Waals surface area contributed by atoms with E-state index in [1.807, 2.05) is 0 Å². The molecule has 7 nitrogen and oxygen atoms in total. The molecule has 1 aromatic carbocycles. The third-order valence-corrected chi connectivity index (χ3v) is 3.39. The van der Waals surface area contributed by atoms with E-state index in [1.54, 1.807) is 6.07 Å². The molecule has 0 radical (unpaired) electrons. The third kappa shape index (κ3) is 2.53. The molecule has 8 heteroatoms. The van der Waals surface area contributed by atoms with Crippen molar-refractivity contribution in [2.45, 2.75) is 12.7 Å². The van der Waals surface area contributed by atoms with Crippen molar-refractivity contribution < 1.29 is 24.1 Å². The lowest BCUT2D eigenvalue weighted by Crippen LogP contribution is -2.25. The van der Waals surface area contributed by atoms with Gasteiger partial charge < -0.3 is 14.9 Å². The lowest BCUT2D eigenvalue weighted by molar-refractivity contribution is 0.0963. The van der Waals surface area contributed by atoms with E-state index in [0.29, 0.717) is 11.3 Å². The highest BCUT2D eigenvalue weighted by molar-refractivity contribution is 5.89. The molecular weight excluding hydrogens is 293 g/mol. The second kappa shape index (κ2) is 5.74. The molecule has 116 valence electrons. The molecule has 22 heavy (non-hydrogen) atoms. The maximum atomic E-state index is 14.3. The van der Waals surface area contributed by atoms with Crippen LogP contribution in [-0.4, -0.2) is 45.3 Å². The third-order valence-electron chi connectivity index (χ3n) is 3.39. The van der Waals surface area contributed by atoms with Crippen molar-refractivity contribution in [1.82, 2.24) is 9.78 Å². The predicted molar refractivity (Wildman–Crippen MR) is 74.1 cm³/mol. The minimum Gasteiger partial charge on any atom is -0.441 e. The first-order valence-electron chi connectivity index (χ1n) is 6.65. The second-order valence-electron chi connectivity index (χ2n) is 4.89. The maximum Gasteiger partial charge on any atom is 0.414 e. The highest BCUT2D eigenvalue weighted by atomic mass is 19.1. The molecule has 1 aliphatic heterocycles. The number of anilines is 1. The van der Waals surface area contributed by atoms with E-state index < -0.39 is 18.0 Å². The standard InChI is InChI=1S/C14H14FN3O4/c15-12-3-10(17-6-11(8-20)22-14(17)21)1-2-13(12)18-5-9(7-19)4-16-18/h1-5,11,19-20H,6-8H2/t11-/m1/s1. The van der Waals surface area contributed by atoms with Crippen LogP contribution in [0.3, 0.4) is 0 Å². The fraction of sp³-hybridized carbons (Fsp3) is 0.286. The zero-order valence-corrected chi connectivity index (χ0v) is 11.5. The number of halogens is 1. The van der Waals surface area contributed by atoms with Crippen LogP contribution in [0.15, 0.2) is 30.6 Å². The summed E-state index contributed by atoms with van der Waals surface area (Å²) in [4.78, 5) is 12.9. The van der Waals surface area contributed by atoms with E-state index in [2.05, 4.69) is 5.10 Å². The number of aliphatic hydroxyl groups excluding tert-OH is 2. The molecule has 1 fully saturated rings.